The van der Waals surface area contributed by atoms with Crippen molar-refractivity contribution in [2.24, 2.45) is 0 Å². The van der Waals surface area contributed by atoms with Gasteiger partial charge in [-0.2, -0.15) is 0 Å². The number of hydrogen-bond donors (Lipinski definition) is 0. The van der Waals surface area contributed by atoms with Gasteiger partial charge in [0.1, 0.15) is 5.78 Å². The highest BCUT2D eigenvalue weighted by atomic mass is 16.5. The molecule has 0 amide bonds. The molecule has 0 bridgehead atoms. The van der Waals surface area contributed by atoms with E-state index in [0.717, 1.165) is 25.7 Å². The predicted molar refractivity (Wildman–Crippen MR) is 82.9 cm³/mol. The number of hydrogen-bond acceptors (Lipinski definition) is 2. The lowest BCUT2D eigenvalue weighted by Gasteiger charge is -2.29. The first-order valence-electron chi connectivity index (χ1n) is 9.02. The average Bonchev–Trinajstić information content (AvgIpc) is 2.51. The highest BCUT2D eigenvalue weighted by Crippen LogP contribution is 2.26. The van der Waals surface area contributed by atoms with Crippen LogP contribution < -0.4 is 0 Å². The summed E-state index contributed by atoms with van der Waals surface area (Å²) >= 11 is 0. The first-order chi connectivity index (χ1) is 9.84. The van der Waals surface area contributed by atoms with E-state index in [9.17, 15) is 4.79 Å². The Kier molecular flexibility index (Phi) is 7.64. The topological polar surface area (TPSA) is 26.3 Å². The van der Waals surface area contributed by atoms with Crippen LogP contribution in [0.25, 0.3) is 0 Å². The lowest BCUT2D eigenvalue weighted by Crippen LogP contribution is -2.25. The lowest BCUT2D eigenvalue weighted by atomic mass is 9.95. The molecule has 2 nitrogen and oxygen atoms in total. The molecule has 3 fully saturated rings. The van der Waals surface area contributed by atoms with Crippen LogP contribution in [0.4, 0.5) is 0 Å². The van der Waals surface area contributed by atoms with E-state index in [2.05, 4.69) is 0 Å². The minimum atomic E-state index is 0.464. The minimum absolute atomic E-state index is 0.464. The van der Waals surface area contributed by atoms with Crippen LogP contribution in [0.15, 0.2) is 0 Å². The minimum Gasteiger partial charge on any atom is -0.375 e. The Labute approximate surface area is 124 Å². The van der Waals surface area contributed by atoms with Crippen LogP contribution in [0.2, 0.25) is 0 Å². The summed E-state index contributed by atoms with van der Waals surface area (Å²) in [5.74, 6) is 0.464. The molecule has 3 saturated carbocycles. The van der Waals surface area contributed by atoms with Crippen molar-refractivity contribution >= 4 is 5.78 Å². The van der Waals surface area contributed by atoms with Crippen LogP contribution in [0.1, 0.15) is 96.3 Å². The summed E-state index contributed by atoms with van der Waals surface area (Å²) in [7, 11) is 0. The largest absolute Gasteiger partial charge is 0.375 e. The number of carbonyl (C=O) groups is 1. The molecule has 3 aliphatic carbocycles. The van der Waals surface area contributed by atoms with Gasteiger partial charge in [0, 0.05) is 12.8 Å². The normalized spacial score (nSPS) is 25.9. The van der Waals surface area contributed by atoms with Crippen molar-refractivity contribution in [3.05, 3.63) is 0 Å². The van der Waals surface area contributed by atoms with Crippen molar-refractivity contribution in [2.45, 2.75) is 109 Å². The summed E-state index contributed by atoms with van der Waals surface area (Å²) in [5.41, 5.74) is 0. The van der Waals surface area contributed by atoms with Crippen LogP contribution in [0.5, 0.6) is 0 Å². The fourth-order valence-electron chi connectivity index (χ4n) is 3.62. The second-order valence-corrected chi connectivity index (χ2v) is 6.76. The van der Waals surface area contributed by atoms with Gasteiger partial charge in [0.05, 0.1) is 12.2 Å². The monoisotopic (exact) mass is 280 g/mol. The van der Waals surface area contributed by atoms with Crippen LogP contribution >= 0.6 is 0 Å². The van der Waals surface area contributed by atoms with Crippen LogP contribution in [-0.4, -0.2) is 18.0 Å². The van der Waals surface area contributed by atoms with Crippen molar-refractivity contribution in [3.63, 3.8) is 0 Å². The van der Waals surface area contributed by atoms with E-state index in [4.69, 9.17) is 4.74 Å². The molecule has 0 aliphatic heterocycles. The van der Waals surface area contributed by atoms with E-state index in [0.29, 0.717) is 18.0 Å². The van der Waals surface area contributed by atoms with E-state index in [1.54, 1.807) is 0 Å². The third kappa shape index (κ3) is 6.39. The molecule has 0 heterocycles. The Hall–Kier alpha value is -0.370. The Balaban J connectivity index is 0.000000178. The predicted octanol–water partition coefficient (Wildman–Crippen LogP) is 5.19. The number of ketones is 1. The van der Waals surface area contributed by atoms with Gasteiger partial charge in [-0.3, -0.25) is 4.79 Å². The molecule has 0 radical (unpaired) electrons. The first kappa shape index (κ1) is 16.0. The quantitative estimate of drug-likeness (QED) is 0.696. The van der Waals surface area contributed by atoms with Gasteiger partial charge in [-0.1, -0.05) is 44.9 Å². The number of rotatable bonds is 2. The standard InChI is InChI=1S/C12H22O.C6H10O/c1-3-7-11(8-4-1)13-12-9-5-2-6-10-12;7-6-4-2-1-3-5-6/h11-12H,1-10H2;1-5H2. The van der Waals surface area contributed by atoms with Gasteiger partial charge in [-0.15, -0.1) is 0 Å². The maximum atomic E-state index is 10.5. The first-order valence-corrected chi connectivity index (χ1v) is 9.02. The van der Waals surface area contributed by atoms with Gasteiger partial charge < -0.3 is 4.74 Å². The van der Waals surface area contributed by atoms with Crippen LogP contribution in [0.3, 0.4) is 0 Å². The maximum Gasteiger partial charge on any atom is 0.132 e. The molecule has 3 rings (SSSR count). The van der Waals surface area contributed by atoms with E-state index in [-0.39, 0.29) is 0 Å². The SMILES string of the molecule is C1CCC(OC2CCCCC2)CC1.O=C1CCCCC1. The zero-order valence-electron chi connectivity index (χ0n) is 13.1. The van der Waals surface area contributed by atoms with Gasteiger partial charge in [-0.25, -0.2) is 0 Å². The van der Waals surface area contributed by atoms with E-state index in [1.807, 2.05) is 0 Å². The molecule has 0 spiro atoms. The van der Waals surface area contributed by atoms with Gasteiger partial charge in [0.25, 0.3) is 0 Å². The molecule has 0 N–H and O–H groups in total. The molecule has 0 saturated heterocycles. The Bertz CT molecular complexity index is 239. The van der Waals surface area contributed by atoms with Crippen molar-refractivity contribution in [2.75, 3.05) is 0 Å². The fraction of sp³-hybridized carbons (Fsp3) is 0.944. The van der Waals surface area contributed by atoms with Gasteiger partial charge in [0.2, 0.25) is 0 Å². The maximum absolute atomic E-state index is 10.5. The molecule has 116 valence electrons. The average molecular weight is 280 g/mol. The van der Waals surface area contributed by atoms with Crippen LogP contribution in [-0.2, 0) is 9.53 Å². The molecular formula is C18H32O2. The number of carbonyl (C=O) groups excluding carboxylic acids is 1. The van der Waals surface area contributed by atoms with Gasteiger partial charge >= 0.3 is 0 Å². The van der Waals surface area contributed by atoms with Crippen molar-refractivity contribution in [3.8, 4) is 0 Å². The molecule has 3 aliphatic rings. The molecule has 0 atom stereocenters. The van der Waals surface area contributed by atoms with Crippen molar-refractivity contribution in [1.29, 1.82) is 0 Å². The third-order valence-electron chi connectivity index (χ3n) is 4.90. The lowest BCUT2D eigenvalue weighted by molar-refractivity contribution is -0.120. The molecular weight excluding hydrogens is 248 g/mol. The van der Waals surface area contributed by atoms with E-state index < -0.39 is 0 Å². The summed E-state index contributed by atoms with van der Waals surface area (Å²) in [5, 5.41) is 0. The zero-order chi connectivity index (χ0) is 14.0. The Morgan fingerprint density at radius 2 is 1.00 bits per heavy atom. The highest BCUT2D eigenvalue weighted by Gasteiger charge is 2.20. The molecule has 0 aromatic rings. The summed E-state index contributed by atoms with van der Waals surface area (Å²) in [6.07, 6.45) is 20.3. The smallest absolute Gasteiger partial charge is 0.132 e. The number of ether oxygens (including phenoxy) is 1. The fourth-order valence-corrected chi connectivity index (χ4v) is 3.62. The zero-order valence-corrected chi connectivity index (χ0v) is 13.1. The molecule has 0 aromatic heterocycles. The van der Waals surface area contributed by atoms with E-state index in [1.165, 1.54) is 70.6 Å². The van der Waals surface area contributed by atoms with Gasteiger partial charge in [0.15, 0.2) is 0 Å². The molecule has 20 heavy (non-hydrogen) atoms. The Morgan fingerprint density at radius 1 is 0.600 bits per heavy atom. The molecule has 0 aromatic carbocycles. The third-order valence-corrected chi connectivity index (χ3v) is 4.90. The number of Topliss-reactive ketones (excluding diaryl/α,β-unsaturated/α-hetero) is 1. The van der Waals surface area contributed by atoms with E-state index >= 15 is 0 Å². The molecule has 0 unspecified atom stereocenters. The summed E-state index contributed by atoms with van der Waals surface area (Å²) in [4.78, 5) is 10.5. The van der Waals surface area contributed by atoms with Crippen molar-refractivity contribution < 1.29 is 9.53 Å². The Morgan fingerprint density at radius 3 is 1.35 bits per heavy atom. The summed E-state index contributed by atoms with van der Waals surface area (Å²) < 4.78 is 6.13. The van der Waals surface area contributed by atoms with Crippen LogP contribution in [0, 0.1) is 0 Å². The second-order valence-electron chi connectivity index (χ2n) is 6.76. The highest BCUT2D eigenvalue weighted by molar-refractivity contribution is 5.78. The second kappa shape index (κ2) is 9.55. The molecule has 2 heteroatoms. The summed E-state index contributed by atoms with van der Waals surface area (Å²) in [6.45, 7) is 0. The summed E-state index contributed by atoms with van der Waals surface area (Å²) in [6, 6.07) is 0. The van der Waals surface area contributed by atoms with Crippen molar-refractivity contribution in [1.82, 2.24) is 0 Å². The van der Waals surface area contributed by atoms with Gasteiger partial charge in [-0.05, 0) is 38.5 Å².